The molecule has 2 nitrogen and oxygen atoms in total. The Morgan fingerprint density at radius 3 is 1.30 bits per heavy atom. The summed E-state index contributed by atoms with van der Waals surface area (Å²) in [7, 11) is 0. The van der Waals surface area contributed by atoms with E-state index in [4.69, 9.17) is 9.47 Å². The zero-order valence-corrected chi connectivity index (χ0v) is 23.4. The molecule has 2 atom stereocenters. The van der Waals surface area contributed by atoms with Gasteiger partial charge in [-0.05, 0) is 142 Å². The monoisotopic (exact) mass is 484 g/mol. The van der Waals surface area contributed by atoms with E-state index >= 15 is 0 Å². The van der Waals surface area contributed by atoms with Crippen LogP contribution in [0.5, 0.6) is 11.5 Å². The third kappa shape index (κ3) is 4.31. The molecular weight excluding hydrogens is 444 g/mol. The third-order valence-electron chi connectivity index (χ3n) is 8.06. The second-order valence-corrected chi connectivity index (χ2v) is 11.9. The van der Waals surface area contributed by atoms with Crippen molar-refractivity contribution >= 4 is 23.5 Å². The lowest BCUT2D eigenvalue weighted by Crippen LogP contribution is -2.17. The van der Waals surface area contributed by atoms with Crippen molar-refractivity contribution in [3.05, 3.63) is 55.6 Å². The number of hydrogen-bond acceptors (Lipinski definition) is 4. The molecule has 2 aromatic rings. The van der Waals surface area contributed by atoms with Crippen molar-refractivity contribution in [3.8, 4) is 11.5 Å². The van der Waals surface area contributed by atoms with Crippen LogP contribution in [0.2, 0.25) is 0 Å². The van der Waals surface area contributed by atoms with E-state index in [0.717, 1.165) is 56.8 Å². The first-order valence-electron chi connectivity index (χ1n) is 12.4. The summed E-state index contributed by atoms with van der Waals surface area (Å²) in [5.74, 6) is 2.29. The first-order chi connectivity index (χ1) is 15.8. The lowest BCUT2D eigenvalue weighted by molar-refractivity contribution is 0.275. The first kappa shape index (κ1) is 24.9. The van der Waals surface area contributed by atoms with Crippen molar-refractivity contribution in [3.63, 3.8) is 0 Å². The highest BCUT2D eigenvalue weighted by molar-refractivity contribution is 7.99. The molecule has 0 saturated heterocycles. The Labute approximate surface area is 209 Å². The van der Waals surface area contributed by atoms with Crippen LogP contribution in [0.25, 0.3) is 0 Å². The van der Waals surface area contributed by atoms with Crippen molar-refractivity contribution in [1.29, 1.82) is 0 Å². The molecule has 6 bridgehead atoms. The van der Waals surface area contributed by atoms with Crippen molar-refractivity contribution < 1.29 is 9.47 Å². The summed E-state index contributed by atoms with van der Waals surface area (Å²) < 4.78 is 13.1. The van der Waals surface area contributed by atoms with Crippen molar-refractivity contribution in [2.45, 2.75) is 84.1 Å². The van der Waals surface area contributed by atoms with Crippen LogP contribution in [0.3, 0.4) is 0 Å². The van der Waals surface area contributed by atoms with Crippen LogP contribution in [0.4, 0.5) is 0 Å². The van der Waals surface area contributed by atoms with Gasteiger partial charge in [0.15, 0.2) is 0 Å². The summed E-state index contributed by atoms with van der Waals surface area (Å²) in [4.78, 5) is 0. The largest absolute Gasteiger partial charge is 0.493 e. The minimum absolute atomic E-state index is 0.406. The summed E-state index contributed by atoms with van der Waals surface area (Å²) in [5.41, 5.74) is 14.3. The number of thioether (sulfide) groups is 2. The molecule has 4 heteroatoms. The van der Waals surface area contributed by atoms with Gasteiger partial charge in [-0.2, -0.15) is 23.5 Å². The molecule has 0 amide bonds. The number of ether oxygens (including phenoxy) is 2. The second-order valence-electron chi connectivity index (χ2n) is 9.81. The predicted octanol–water partition coefficient (Wildman–Crippen LogP) is 8.09. The van der Waals surface area contributed by atoms with Gasteiger partial charge in [-0.1, -0.05) is 0 Å². The van der Waals surface area contributed by atoms with Gasteiger partial charge >= 0.3 is 0 Å². The van der Waals surface area contributed by atoms with E-state index in [1.165, 1.54) is 55.6 Å². The fraction of sp³-hybridized carbons (Fsp3) is 0.586. The van der Waals surface area contributed by atoms with Crippen LogP contribution < -0.4 is 9.47 Å². The van der Waals surface area contributed by atoms with Crippen molar-refractivity contribution in [2.24, 2.45) is 0 Å². The topological polar surface area (TPSA) is 18.5 Å². The molecule has 0 saturated carbocycles. The molecular formula is C29H40O2S2. The maximum Gasteiger partial charge on any atom is 0.125 e. The molecule has 2 aliphatic heterocycles. The highest BCUT2D eigenvalue weighted by Gasteiger charge is 2.31. The van der Waals surface area contributed by atoms with Crippen LogP contribution in [0.15, 0.2) is 0 Å². The van der Waals surface area contributed by atoms with Gasteiger partial charge in [-0.3, -0.25) is 0 Å². The minimum atomic E-state index is 0.406. The maximum atomic E-state index is 6.54. The van der Waals surface area contributed by atoms with E-state index in [9.17, 15) is 0 Å². The SMILES string of the molecule is CSC1Cc2c(C)c3c(C)c(c2C)C(SC)Cc2c(C)c(c(C)c1c2C)OCCCCCO3. The average molecular weight is 485 g/mol. The van der Waals surface area contributed by atoms with E-state index < -0.39 is 0 Å². The van der Waals surface area contributed by atoms with Gasteiger partial charge in [0.05, 0.1) is 13.2 Å². The molecule has 2 heterocycles. The lowest BCUT2D eigenvalue weighted by Gasteiger charge is -2.33. The quantitative estimate of drug-likeness (QED) is 0.428. The second kappa shape index (κ2) is 10.2. The van der Waals surface area contributed by atoms with E-state index in [0.29, 0.717) is 10.5 Å². The smallest absolute Gasteiger partial charge is 0.125 e. The van der Waals surface area contributed by atoms with Crippen LogP contribution in [0, 0.1) is 41.5 Å². The molecule has 180 valence electrons. The standard InChI is InChI=1S/C29H40O2S2/c1-16-22-14-25(33-8)27-17(2)23-15-24(32-7)26(16)20(5)28(18(22)3)30-12-10-9-11-13-31-29(19(23)4)21(27)6/h24-25H,9-15H2,1-8H3. The van der Waals surface area contributed by atoms with Gasteiger partial charge < -0.3 is 9.47 Å². The summed E-state index contributed by atoms with van der Waals surface area (Å²) in [6.07, 6.45) is 9.89. The number of benzene rings is 2. The predicted molar refractivity (Wildman–Crippen MR) is 146 cm³/mol. The van der Waals surface area contributed by atoms with Crippen LogP contribution in [-0.2, 0) is 12.8 Å². The molecule has 3 aliphatic rings. The Morgan fingerprint density at radius 1 is 0.545 bits per heavy atom. The zero-order chi connectivity index (χ0) is 23.9. The number of hydrogen-bond donors (Lipinski definition) is 0. The normalized spacial score (nSPS) is 20.6. The van der Waals surface area contributed by atoms with Crippen LogP contribution in [-0.4, -0.2) is 25.7 Å². The molecule has 5 rings (SSSR count). The fourth-order valence-electron chi connectivity index (χ4n) is 6.25. The Hall–Kier alpha value is -1.26. The molecule has 0 N–H and O–H groups in total. The van der Waals surface area contributed by atoms with Crippen LogP contribution >= 0.6 is 23.5 Å². The summed E-state index contributed by atoms with van der Waals surface area (Å²) in [6, 6.07) is 0. The minimum Gasteiger partial charge on any atom is -0.493 e. The molecule has 2 aromatic carbocycles. The molecule has 2 unspecified atom stereocenters. The molecule has 0 aromatic heterocycles. The van der Waals surface area contributed by atoms with Gasteiger partial charge in [-0.15, -0.1) is 0 Å². The van der Waals surface area contributed by atoms with Gasteiger partial charge in [-0.25, -0.2) is 0 Å². The Kier molecular flexibility index (Phi) is 7.65. The van der Waals surface area contributed by atoms with E-state index in [1.807, 2.05) is 23.5 Å². The third-order valence-corrected chi connectivity index (χ3v) is 10.0. The van der Waals surface area contributed by atoms with Gasteiger partial charge in [0.25, 0.3) is 0 Å². The molecule has 0 fully saturated rings. The van der Waals surface area contributed by atoms with Crippen LogP contribution in [0.1, 0.15) is 85.4 Å². The Bertz CT molecular complexity index is 974. The first-order valence-corrected chi connectivity index (χ1v) is 15.0. The van der Waals surface area contributed by atoms with Crippen molar-refractivity contribution in [2.75, 3.05) is 25.7 Å². The van der Waals surface area contributed by atoms with E-state index in [-0.39, 0.29) is 0 Å². The number of fused-ring (bicyclic) bond motifs is 8. The molecule has 0 radical (unpaired) electrons. The molecule has 0 spiro atoms. The van der Waals surface area contributed by atoms with E-state index in [2.05, 4.69) is 54.1 Å². The maximum absolute atomic E-state index is 6.54. The fourth-order valence-corrected chi connectivity index (χ4v) is 8.09. The highest BCUT2D eigenvalue weighted by atomic mass is 32.2. The Balaban J connectivity index is 2.09. The lowest BCUT2D eigenvalue weighted by atomic mass is 9.80. The molecule has 1 aliphatic carbocycles. The molecule has 33 heavy (non-hydrogen) atoms. The van der Waals surface area contributed by atoms with Gasteiger partial charge in [0.2, 0.25) is 0 Å². The Morgan fingerprint density at radius 2 is 0.939 bits per heavy atom. The highest BCUT2D eigenvalue weighted by Crippen LogP contribution is 2.49. The summed E-state index contributed by atoms with van der Waals surface area (Å²) in [5, 5.41) is 0.812. The van der Waals surface area contributed by atoms with Gasteiger partial charge in [0.1, 0.15) is 11.5 Å². The van der Waals surface area contributed by atoms with Crippen molar-refractivity contribution in [1.82, 2.24) is 0 Å². The van der Waals surface area contributed by atoms with E-state index in [1.54, 1.807) is 0 Å². The van der Waals surface area contributed by atoms with Gasteiger partial charge in [0, 0.05) is 10.5 Å². The summed E-state index contributed by atoms with van der Waals surface area (Å²) >= 11 is 3.96. The number of rotatable bonds is 2. The summed E-state index contributed by atoms with van der Waals surface area (Å²) in [6.45, 7) is 15.5. The zero-order valence-electron chi connectivity index (χ0n) is 21.7. The average Bonchev–Trinajstić information content (AvgIpc) is 2.79.